The third-order valence-corrected chi connectivity index (χ3v) is 5.68. The van der Waals surface area contributed by atoms with Crippen molar-refractivity contribution in [3.63, 3.8) is 0 Å². The number of aromatic nitrogens is 1. The molecule has 3 amide bonds. The van der Waals surface area contributed by atoms with Crippen LogP contribution >= 0.6 is 0 Å². The molecule has 0 aromatic carbocycles. The standard InChI is InChI=1S/C21H25F3N6O5/c22-21(23,24)11-26-19(33)15-1-2-16-18(27-15)30(12-4-6-29(16)8-12)20(34)28-17-7-14(3-5-25-17)35-10-13(32)9-31/h1-3,5,7,12-13,15,27,31-32H,4,6,8-11H2,(H,26,33)(H,25,28,34)/t12-,13+,15?/m0/s1. The molecule has 4 heterocycles. The molecule has 1 unspecified atom stereocenters. The van der Waals surface area contributed by atoms with E-state index in [0.29, 0.717) is 36.8 Å². The van der Waals surface area contributed by atoms with Crippen molar-refractivity contribution in [1.29, 1.82) is 0 Å². The molecular weight excluding hydrogens is 473 g/mol. The molecule has 11 nitrogen and oxygen atoms in total. The molecule has 1 saturated heterocycles. The molecule has 3 atom stereocenters. The van der Waals surface area contributed by atoms with Crippen LogP contribution in [0.25, 0.3) is 0 Å². The fourth-order valence-corrected chi connectivity index (χ4v) is 4.04. The van der Waals surface area contributed by atoms with Gasteiger partial charge in [0.1, 0.15) is 42.7 Å². The third-order valence-electron chi connectivity index (χ3n) is 5.68. The summed E-state index contributed by atoms with van der Waals surface area (Å²) in [5, 5.41) is 25.8. The lowest BCUT2D eigenvalue weighted by Gasteiger charge is -2.40. The SMILES string of the molecule is O=C(NCC(F)(F)F)C1C=CC2=C(N1)N(C(=O)Nc1cc(OC[C@H](O)CO)ccn1)[C@H]1CCN2C1. The quantitative estimate of drug-likeness (QED) is 0.357. The number of amides is 3. The number of ether oxygens (including phenoxy) is 1. The first-order valence-electron chi connectivity index (χ1n) is 10.9. The number of halogens is 3. The number of aliphatic hydroxyl groups is 2. The van der Waals surface area contributed by atoms with Gasteiger partial charge >= 0.3 is 12.2 Å². The molecule has 1 aromatic heterocycles. The molecule has 0 radical (unpaired) electrons. The lowest BCUT2D eigenvalue weighted by atomic mass is 10.1. The predicted octanol–water partition coefficient (Wildman–Crippen LogP) is 0.111. The Bertz CT molecular complexity index is 1030. The van der Waals surface area contributed by atoms with Gasteiger partial charge in [-0.2, -0.15) is 13.2 Å². The normalized spacial score (nSPS) is 21.9. The van der Waals surface area contributed by atoms with Gasteiger partial charge in [-0.25, -0.2) is 9.78 Å². The first kappa shape index (κ1) is 24.6. The lowest BCUT2D eigenvalue weighted by molar-refractivity contribution is -0.138. The topological polar surface area (TPSA) is 139 Å². The molecule has 35 heavy (non-hydrogen) atoms. The minimum Gasteiger partial charge on any atom is -0.491 e. The second-order valence-corrected chi connectivity index (χ2v) is 8.26. The van der Waals surface area contributed by atoms with E-state index in [1.165, 1.54) is 29.3 Å². The number of dihydropyridines is 1. The molecule has 1 fully saturated rings. The Morgan fingerprint density at radius 2 is 2.17 bits per heavy atom. The van der Waals surface area contributed by atoms with E-state index in [1.807, 2.05) is 10.2 Å². The number of nitrogens with one attached hydrogen (secondary N) is 3. The molecule has 0 spiro atoms. The molecule has 3 aliphatic rings. The number of hydrogen-bond donors (Lipinski definition) is 5. The highest BCUT2D eigenvalue weighted by Gasteiger charge is 2.43. The van der Waals surface area contributed by atoms with Crippen molar-refractivity contribution in [2.75, 3.05) is 38.2 Å². The van der Waals surface area contributed by atoms with Gasteiger partial charge in [-0.3, -0.25) is 15.0 Å². The fourth-order valence-electron chi connectivity index (χ4n) is 4.04. The zero-order valence-electron chi connectivity index (χ0n) is 18.5. The highest BCUT2D eigenvalue weighted by molar-refractivity contribution is 5.91. The van der Waals surface area contributed by atoms with E-state index in [2.05, 4.69) is 15.6 Å². The number of fused-ring (bicyclic) bond motifs is 3. The number of pyridine rings is 1. The van der Waals surface area contributed by atoms with E-state index in [-0.39, 0.29) is 18.5 Å². The molecule has 0 saturated carbocycles. The van der Waals surface area contributed by atoms with Gasteiger partial charge in [0, 0.05) is 25.4 Å². The van der Waals surface area contributed by atoms with Crippen LogP contribution in [-0.4, -0.2) is 94.1 Å². The summed E-state index contributed by atoms with van der Waals surface area (Å²) in [5.74, 6) is -0.0627. The molecule has 0 aliphatic carbocycles. The van der Waals surface area contributed by atoms with E-state index in [9.17, 15) is 27.9 Å². The van der Waals surface area contributed by atoms with Crippen LogP contribution in [0.1, 0.15) is 6.42 Å². The van der Waals surface area contributed by atoms with Crippen molar-refractivity contribution in [3.05, 3.63) is 42.0 Å². The Morgan fingerprint density at radius 3 is 2.91 bits per heavy atom. The van der Waals surface area contributed by atoms with Crippen LogP contribution in [0.5, 0.6) is 5.75 Å². The zero-order chi connectivity index (χ0) is 25.2. The average Bonchev–Trinajstić information content (AvgIpc) is 3.24. The van der Waals surface area contributed by atoms with Gasteiger partial charge in [0.2, 0.25) is 5.91 Å². The smallest absolute Gasteiger partial charge is 0.405 e. The maximum absolute atomic E-state index is 13.3. The first-order valence-corrected chi connectivity index (χ1v) is 10.9. The molecule has 1 aromatic rings. The Balaban J connectivity index is 1.47. The Labute approximate surface area is 198 Å². The number of hydrogen-bond acceptors (Lipinski definition) is 8. The van der Waals surface area contributed by atoms with Gasteiger partial charge in [0.05, 0.1) is 18.3 Å². The van der Waals surface area contributed by atoms with E-state index < -0.39 is 43.4 Å². The van der Waals surface area contributed by atoms with Crippen molar-refractivity contribution in [1.82, 2.24) is 25.4 Å². The summed E-state index contributed by atoms with van der Waals surface area (Å²) in [4.78, 5) is 33.1. The van der Waals surface area contributed by atoms with Gasteiger partial charge in [0.25, 0.3) is 0 Å². The maximum Gasteiger partial charge on any atom is 0.405 e. The maximum atomic E-state index is 13.3. The molecular formula is C21H25F3N6O5. The van der Waals surface area contributed by atoms with Crippen LogP contribution < -0.4 is 20.7 Å². The first-order chi connectivity index (χ1) is 16.6. The Morgan fingerprint density at radius 1 is 1.37 bits per heavy atom. The van der Waals surface area contributed by atoms with Crippen LogP contribution in [0.15, 0.2) is 42.0 Å². The van der Waals surface area contributed by atoms with Crippen LogP contribution in [0, 0.1) is 0 Å². The molecule has 14 heteroatoms. The highest BCUT2D eigenvalue weighted by atomic mass is 19.4. The third kappa shape index (κ3) is 5.77. The van der Waals surface area contributed by atoms with Crippen molar-refractivity contribution >= 4 is 17.8 Å². The Hall–Kier alpha value is -3.52. The summed E-state index contributed by atoms with van der Waals surface area (Å²) in [6.45, 7) is -0.821. The molecule has 190 valence electrons. The second-order valence-electron chi connectivity index (χ2n) is 8.26. The largest absolute Gasteiger partial charge is 0.491 e. The van der Waals surface area contributed by atoms with E-state index in [4.69, 9.17) is 9.84 Å². The van der Waals surface area contributed by atoms with E-state index in [0.717, 1.165) is 0 Å². The predicted molar refractivity (Wildman–Crippen MR) is 116 cm³/mol. The van der Waals surface area contributed by atoms with Crippen LogP contribution in [0.3, 0.4) is 0 Å². The summed E-state index contributed by atoms with van der Waals surface area (Å²) in [6.07, 6.45) is -0.445. The van der Waals surface area contributed by atoms with Gasteiger partial charge in [-0.05, 0) is 18.6 Å². The summed E-state index contributed by atoms with van der Waals surface area (Å²) in [5.41, 5.74) is 0.664. The summed E-state index contributed by atoms with van der Waals surface area (Å²) in [7, 11) is 0. The number of aliphatic hydroxyl groups excluding tert-OH is 2. The highest BCUT2D eigenvalue weighted by Crippen LogP contribution is 2.33. The molecule has 5 N–H and O–H groups in total. The number of nitrogens with zero attached hydrogens (tertiary/aromatic N) is 3. The van der Waals surface area contributed by atoms with E-state index in [1.54, 1.807) is 6.08 Å². The average molecular weight is 498 g/mol. The minimum absolute atomic E-state index is 0.151. The molecule has 3 aliphatic heterocycles. The summed E-state index contributed by atoms with van der Waals surface area (Å²) < 4.78 is 42.9. The van der Waals surface area contributed by atoms with Gasteiger partial charge < -0.3 is 30.5 Å². The summed E-state index contributed by atoms with van der Waals surface area (Å²) >= 11 is 0. The van der Waals surface area contributed by atoms with Crippen LogP contribution in [0.4, 0.5) is 23.8 Å². The lowest BCUT2D eigenvalue weighted by Crippen LogP contribution is -2.56. The number of anilines is 1. The number of carbonyl (C=O) groups is 2. The number of allylic oxidation sites excluding steroid dienone is 1. The number of urea groups is 1. The number of alkyl halides is 3. The van der Waals surface area contributed by atoms with Gasteiger partial charge in [0.15, 0.2) is 0 Å². The van der Waals surface area contributed by atoms with Crippen molar-refractivity contribution in [2.24, 2.45) is 0 Å². The second kappa shape index (κ2) is 10.00. The monoisotopic (exact) mass is 498 g/mol. The van der Waals surface area contributed by atoms with Gasteiger partial charge in [-0.1, -0.05) is 6.08 Å². The van der Waals surface area contributed by atoms with Crippen molar-refractivity contribution in [2.45, 2.75) is 30.8 Å². The van der Waals surface area contributed by atoms with E-state index >= 15 is 0 Å². The summed E-state index contributed by atoms with van der Waals surface area (Å²) in [6, 6.07) is 1.13. The van der Waals surface area contributed by atoms with Crippen molar-refractivity contribution in [3.8, 4) is 5.75 Å². The fraction of sp³-hybridized carbons (Fsp3) is 0.476. The number of carbonyl (C=O) groups excluding carboxylic acids is 2. The Kier molecular flexibility index (Phi) is 7.03. The molecule has 2 bridgehead atoms. The minimum atomic E-state index is -4.54. The zero-order valence-corrected chi connectivity index (χ0v) is 18.5. The van der Waals surface area contributed by atoms with Crippen LogP contribution in [-0.2, 0) is 4.79 Å². The number of rotatable bonds is 7. The van der Waals surface area contributed by atoms with Crippen molar-refractivity contribution < 1.29 is 37.7 Å². The van der Waals surface area contributed by atoms with Gasteiger partial charge in [-0.15, -0.1) is 0 Å². The van der Waals surface area contributed by atoms with Crippen LogP contribution in [0.2, 0.25) is 0 Å². The molecule has 4 rings (SSSR count).